The third-order valence-electron chi connectivity index (χ3n) is 2.00. The van der Waals surface area contributed by atoms with Crippen molar-refractivity contribution in [3.63, 3.8) is 0 Å². The van der Waals surface area contributed by atoms with E-state index in [9.17, 15) is 0 Å². The third kappa shape index (κ3) is 2.54. The molecule has 1 rings (SSSR count). The molecule has 0 saturated heterocycles. The predicted octanol–water partition coefficient (Wildman–Crippen LogP) is 0.816. The summed E-state index contributed by atoms with van der Waals surface area (Å²) in [6.07, 6.45) is 1.76. The first kappa shape index (κ1) is 11.6. The number of nitrogens with one attached hydrogen (secondary N) is 1. The normalized spacial score (nSPS) is 13.1. The summed E-state index contributed by atoms with van der Waals surface area (Å²) in [5.74, 6) is 5.39. The Labute approximate surface area is 91.7 Å². The lowest BCUT2D eigenvalue weighted by Crippen LogP contribution is -2.28. The summed E-state index contributed by atoms with van der Waals surface area (Å²) >= 11 is 3.43. The van der Waals surface area contributed by atoms with Gasteiger partial charge in [0.25, 0.3) is 0 Å². The summed E-state index contributed by atoms with van der Waals surface area (Å²) in [6, 6.07) is 0.0590. The molecular formula is C8H15BrN4O. The third-order valence-corrected chi connectivity index (χ3v) is 2.61. The van der Waals surface area contributed by atoms with Crippen molar-refractivity contribution in [1.29, 1.82) is 0 Å². The quantitative estimate of drug-likeness (QED) is 0.609. The molecule has 0 fully saturated rings. The molecule has 0 amide bonds. The van der Waals surface area contributed by atoms with Crippen molar-refractivity contribution in [2.75, 3.05) is 13.7 Å². The predicted molar refractivity (Wildman–Crippen MR) is 57.5 cm³/mol. The molecule has 14 heavy (non-hydrogen) atoms. The van der Waals surface area contributed by atoms with Gasteiger partial charge in [-0.15, -0.1) is 0 Å². The first-order valence-corrected chi connectivity index (χ1v) is 5.16. The average Bonchev–Trinajstić information content (AvgIpc) is 2.55. The number of hydrogen-bond acceptors (Lipinski definition) is 4. The maximum atomic E-state index is 5.39. The van der Waals surface area contributed by atoms with Crippen LogP contribution in [0.4, 0.5) is 0 Å². The van der Waals surface area contributed by atoms with E-state index in [-0.39, 0.29) is 6.04 Å². The summed E-state index contributed by atoms with van der Waals surface area (Å²) < 4.78 is 7.83. The molecule has 1 unspecified atom stereocenters. The maximum absolute atomic E-state index is 5.39. The molecule has 0 radical (unpaired) electrons. The van der Waals surface area contributed by atoms with Crippen LogP contribution < -0.4 is 11.3 Å². The van der Waals surface area contributed by atoms with Gasteiger partial charge in [0.05, 0.1) is 35.6 Å². The second-order valence-corrected chi connectivity index (χ2v) is 3.84. The van der Waals surface area contributed by atoms with E-state index in [1.807, 2.05) is 11.6 Å². The highest BCUT2D eigenvalue weighted by molar-refractivity contribution is 9.10. The monoisotopic (exact) mass is 262 g/mol. The summed E-state index contributed by atoms with van der Waals surface area (Å²) in [4.78, 5) is 0. The van der Waals surface area contributed by atoms with Gasteiger partial charge < -0.3 is 4.74 Å². The lowest BCUT2D eigenvalue weighted by Gasteiger charge is -2.13. The highest BCUT2D eigenvalue weighted by atomic mass is 79.9. The first-order valence-electron chi connectivity index (χ1n) is 4.37. The number of halogens is 1. The molecule has 0 saturated carbocycles. The van der Waals surface area contributed by atoms with Crippen molar-refractivity contribution in [2.45, 2.75) is 19.5 Å². The van der Waals surface area contributed by atoms with Crippen molar-refractivity contribution < 1.29 is 4.74 Å². The molecule has 0 aliphatic carbocycles. The zero-order valence-corrected chi connectivity index (χ0v) is 9.91. The standard InChI is InChI=1S/C8H15BrN4O/c1-6(12-10)8-7(9)5-11-13(8)3-4-14-2/h5-6,12H,3-4,10H2,1-2H3. The number of nitrogens with zero attached hydrogens (tertiary/aromatic N) is 2. The van der Waals surface area contributed by atoms with Gasteiger partial charge in [0, 0.05) is 7.11 Å². The smallest absolute Gasteiger partial charge is 0.0707 e. The molecule has 1 aromatic rings. The van der Waals surface area contributed by atoms with Crippen LogP contribution in [-0.2, 0) is 11.3 Å². The second-order valence-electron chi connectivity index (χ2n) is 2.98. The minimum atomic E-state index is 0.0590. The zero-order valence-electron chi connectivity index (χ0n) is 8.33. The van der Waals surface area contributed by atoms with Gasteiger partial charge in [-0.3, -0.25) is 16.0 Å². The van der Waals surface area contributed by atoms with Crippen molar-refractivity contribution >= 4 is 15.9 Å². The van der Waals surface area contributed by atoms with Crippen LogP contribution >= 0.6 is 15.9 Å². The highest BCUT2D eigenvalue weighted by Crippen LogP contribution is 2.22. The number of ether oxygens (including phenoxy) is 1. The van der Waals surface area contributed by atoms with Crippen LogP contribution in [0.25, 0.3) is 0 Å². The van der Waals surface area contributed by atoms with Crippen molar-refractivity contribution in [2.24, 2.45) is 5.84 Å². The number of hydrogen-bond donors (Lipinski definition) is 2. The van der Waals surface area contributed by atoms with E-state index in [2.05, 4.69) is 26.5 Å². The van der Waals surface area contributed by atoms with E-state index < -0.39 is 0 Å². The Bertz CT molecular complexity index is 289. The lowest BCUT2D eigenvalue weighted by molar-refractivity contribution is 0.181. The van der Waals surface area contributed by atoms with Gasteiger partial charge in [0.15, 0.2) is 0 Å². The van der Waals surface area contributed by atoms with Gasteiger partial charge in [-0.2, -0.15) is 5.10 Å². The molecular weight excluding hydrogens is 248 g/mol. The van der Waals surface area contributed by atoms with E-state index in [1.54, 1.807) is 13.3 Å². The summed E-state index contributed by atoms with van der Waals surface area (Å²) in [7, 11) is 1.67. The molecule has 0 aromatic carbocycles. The topological polar surface area (TPSA) is 65.1 Å². The fraction of sp³-hybridized carbons (Fsp3) is 0.625. The van der Waals surface area contributed by atoms with Crippen LogP contribution in [0.15, 0.2) is 10.7 Å². The summed E-state index contributed by atoms with van der Waals surface area (Å²) in [5.41, 5.74) is 3.73. The molecule has 1 atom stereocenters. The Kier molecular flexibility index (Phi) is 4.53. The minimum Gasteiger partial charge on any atom is -0.383 e. The van der Waals surface area contributed by atoms with Gasteiger partial charge in [-0.25, -0.2) is 0 Å². The van der Waals surface area contributed by atoms with Gasteiger partial charge >= 0.3 is 0 Å². The van der Waals surface area contributed by atoms with Crippen LogP contribution in [0, 0.1) is 0 Å². The molecule has 6 heteroatoms. The maximum Gasteiger partial charge on any atom is 0.0707 e. The SMILES string of the molecule is COCCn1ncc(Br)c1C(C)NN. The molecule has 5 nitrogen and oxygen atoms in total. The summed E-state index contributed by atoms with van der Waals surface area (Å²) in [5, 5.41) is 4.22. The van der Waals surface area contributed by atoms with E-state index in [1.165, 1.54) is 0 Å². The zero-order chi connectivity index (χ0) is 10.6. The number of nitrogens with two attached hydrogens (primary N) is 1. The molecule has 0 spiro atoms. The largest absolute Gasteiger partial charge is 0.383 e. The van der Waals surface area contributed by atoms with Crippen LogP contribution in [0.1, 0.15) is 18.7 Å². The van der Waals surface area contributed by atoms with Gasteiger partial charge in [0.2, 0.25) is 0 Å². The van der Waals surface area contributed by atoms with Gasteiger partial charge in [-0.05, 0) is 22.9 Å². The Morgan fingerprint density at radius 3 is 3.07 bits per heavy atom. The molecule has 0 bridgehead atoms. The fourth-order valence-electron chi connectivity index (χ4n) is 1.24. The minimum absolute atomic E-state index is 0.0590. The van der Waals surface area contributed by atoms with Crippen LogP contribution in [-0.4, -0.2) is 23.5 Å². The fourth-order valence-corrected chi connectivity index (χ4v) is 1.88. The van der Waals surface area contributed by atoms with E-state index in [4.69, 9.17) is 10.6 Å². The molecule has 1 heterocycles. The Balaban J connectivity index is 2.82. The number of methoxy groups -OCH3 is 1. The van der Waals surface area contributed by atoms with E-state index >= 15 is 0 Å². The number of hydrazine groups is 1. The first-order chi connectivity index (χ1) is 6.70. The van der Waals surface area contributed by atoms with Crippen LogP contribution in [0.2, 0.25) is 0 Å². The van der Waals surface area contributed by atoms with E-state index in [0.717, 1.165) is 16.7 Å². The Morgan fingerprint density at radius 2 is 2.50 bits per heavy atom. The van der Waals surface area contributed by atoms with Crippen molar-refractivity contribution in [3.05, 3.63) is 16.4 Å². The number of rotatable bonds is 5. The van der Waals surface area contributed by atoms with Crippen LogP contribution in [0.5, 0.6) is 0 Å². The Hall–Kier alpha value is -0.430. The Morgan fingerprint density at radius 1 is 1.79 bits per heavy atom. The molecule has 80 valence electrons. The molecule has 0 aliphatic heterocycles. The van der Waals surface area contributed by atoms with Crippen LogP contribution in [0.3, 0.4) is 0 Å². The average molecular weight is 263 g/mol. The molecule has 1 aromatic heterocycles. The highest BCUT2D eigenvalue weighted by Gasteiger charge is 2.14. The van der Waals surface area contributed by atoms with Crippen molar-refractivity contribution in [3.8, 4) is 0 Å². The molecule has 3 N–H and O–H groups in total. The summed E-state index contributed by atoms with van der Waals surface area (Å²) in [6.45, 7) is 3.34. The second kappa shape index (κ2) is 5.45. The van der Waals surface area contributed by atoms with Gasteiger partial charge in [-0.1, -0.05) is 0 Å². The van der Waals surface area contributed by atoms with Gasteiger partial charge in [0.1, 0.15) is 0 Å². The van der Waals surface area contributed by atoms with E-state index in [0.29, 0.717) is 6.61 Å². The lowest BCUT2D eigenvalue weighted by atomic mass is 10.2. The molecule has 0 aliphatic rings. The van der Waals surface area contributed by atoms with Crippen molar-refractivity contribution in [1.82, 2.24) is 15.2 Å². The number of aromatic nitrogens is 2.